The first-order valence-corrected chi connectivity index (χ1v) is 14.3. The molecule has 0 spiro atoms. The van der Waals surface area contributed by atoms with Crippen molar-refractivity contribution in [1.29, 1.82) is 0 Å². The fourth-order valence-corrected chi connectivity index (χ4v) is 5.25. The molecule has 0 radical (unpaired) electrons. The summed E-state index contributed by atoms with van der Waals surface area (Å²) in [4.78, 5) is 34.4. The molecule has 0 saturated heterocycles. The predicted octanol–water partition coefficient (Wildman–Crippen LogP) is 7.07. The normalized spacial score (nSPS) is 12.1. The molecule has 0 saturated carbocycles. The molecule has 3 rings (SSSR count). The van der Waals surface area contributed by atoms with Crippen molar-refractivity contribution in [1.82, 2.24) is 14.5 Å². The number of benzene rings is 2. The maximum atomic E-state index is 14.0. The first-order chi connectivity index (χ1) is 18.2. The molecule has 1 amide bonds. The van der Waals surface area contributed by atoms with Gasteiger partial charge in [0.1, 0.15) is 17.3 Å². The molecule has 0 aliphatic heterocycles. The summed E-state index contributed by atoms with van der Waals surface area (Å²) in [6.07, 6.45) is 5.87. The number of amides is 1. The van der Waals surface area contributed by atoms with Crippen LogP contribution in [-0.4, -0.2) is 41.1 Å². The van der Waals surface area contributed by atoms with E-state index in [4.69, 9.17) is 14.5 Å². The number of hydrogen-bond acceptors (Lipinski definition) is 5. The molecule has 38 heavy (non-hydrogen) atoms. The van der Waals surface area contributed by atoms with Gasteiger partial charge in [-0.1, -0.05) is 58.6 Å². The van der Waals surface area contributed by atoms with Crippen LogP contribution in [0.25, 0.3) is 16.6 Å². The molecule has 0 aliphatic carbocycles. The number of halogens is 1. The average Bonchev–Trinajstić information content (AvgIpc) is 2.91. The monoisotopic (exact) mass is 585 g/mol. The Morgan fingerprint density at radius 3 is 2.42 bits per heavy atom. The van der Waals surface area contributed by atoms with Crippen LogP contribution in [0, 0.1) is 5.92 Å². The molecule has 1 aromatic heterocycles. The SMILES string of the molecule is CCCCCCCC(=O)N(CC(C)C)C(C)c1nc2ccccc2c(=O)n1-c1cc(OC)cc(OC)c1Br. The highest BCUT2D eigenvalue weighted by molar-refractivity contribution is 9.10. The average molecular weight is 587 g/mol. The van der Waals surface area contributed by atoms with Crippen LogP contribution in [-0.2, 0) is 4.79 Å². The lowest BCUT2D eigenvalue weighted by Gasteiger charge is -2.32. The van der Waals surface area contributed by atoms with Gasteiger partial charge in [-0.15, -0.1) is 0 Å². The third-order valence-electron chi connectivity index (χ3n) is 6.71. The van der Waals surface area contributed by atoms with Gasteiger partial charge >= 0.3 is 0 Å². The van der Waals surface area contributed by atoms with Crippen LogP contribution in [0.15, 0.2) is 45.7 Å². The summed E-state index contributed by atoms with van der Waals surface area (Å²) < 4.78 is 13.3. The summed E-state index contributed by atoms with van der Waals surface area (Å²) >= 11 is 3.64. The Balaban J connectivity index is 2.18. The van der Waals surface area contributed by atoms with E-state index in [0.717, 1.165) is 19.3 Å². The van der Waals surface area contributed by atoms with Crippen LogP contribution < -0.4 is 15.0 Å². The van der Waals surface area contributed by atoms with Gasteiger partial charge in [0.25, 0.3) is 5.56 Å². The lowest BCUT2D eigenvalue weighted by atomic mass is 10.1. The molecule has 0 fully saturated rings. The minimum absolute atomic E-state index is 0.0824. The largest absolute Gasteiger partial charge is 0.497 e. The number of ether oxygens (including phenoxy) is 2. The zero-order valence-electron chi connectivity index (χ0n) is 23.4. The van der Waals surface area contributed by atoms with Crippen molar-refractivity contribution < 1.29 is 14.3 Å². The van der Waals surface area contributed by atoms with E-state index in [1.165, 1.54) is 12.8 Å². The fourth-order valence-electron chi connectivity index (χ4n) is 4.68. The Morgan fingerprint density at radius 2 is 1.76 bits per heavy atom. The van der Waals surface area contributed by atoms with E-state index in [0.29, 0.717) is 51.4 Å². The number of carbonyl (C=O) groups is 1. The lowest BCUT2D eigenvalue weighted by molar-refractivity contribution is -0.134. The standard InChI is InChI=1S/C30H40BrN3O4/c1-7-8-9-10-11-16-27(35)33(19-20(2)3)21(4)29-32-24-15-13-12-14-23(24)30(36)34(29)25-17-22(37-5)18-26(38-6)28(25)31/h12-15,17-18,20-21H,7-11,16,19H2,1-6H3. The zero-order chi connectivity index (χ0) is 27.8. The van der Waals surface area contributed by atoms with E-state index in [9.17, 15) is 9.59 Å². The van der Waals surface area contributed by atoms with Crippen LogP contribution in [0.3, 0.4) is 0 Å². The molecule has 8 heteroatoms. The molecule has 0 aliphatic rings. The van der Waals surface area contributed by atoms with E-state index < -0.39 is 6.04 Å². The topological polar surface area (TPSA) is 73.7 Å². The summed E-state index contributed by atoms with van der Waals surface area (Å²) in [5, 5.41) is 0.495. The Bertz CT molecular complexity index is 1300. The van der Waals surface area contributed by atoms with E-state index in [1.54, 1.807) is 37.0 Å². The number of hydrogen-bond donors (Lipinski definition) is 0. The van der Waals surface area contributed by atoms with Crippen molar-refractivity contribution in [2.75, 3.05) is 20.8 Å². The van der Waals surface area contributed by atoms with Crippen LogP contribution in [0.2, 0.25) is 0 Å². The third-order valence-corrected chi connectivity index (χ3v) is 7.51. The number of carbonyl (C=O) groups excluding carboxylic acids is 1. The first kappa shape index (κ1) is 29.7. The summed E-state index contributed by atoms with van der Waals surface area (Å²) in [5.74, 6) is 1.90. The molecular formula is C30H40BrN3O4. The van der Waals surface area contributed by atoms with Crippen LogP contribution >= 0.6 is 15.9 Å². The second-order valence-electron chi connectivity index (χ2n) is 10.1. The minimum Gasteiger partial charge on any atom is -0.497 e. The molecule has 1 heterocycles. The molecular weight excluding hydrogens is 546 g/mol. The van der Waals surface area contributed by atoms with Gasteiger partial charge in [0, 0.05) is 25.1 Å². The van der Waals surface area contributed by atoms with Crippen molar-refractivity contribution in [2.45, 2.75) is 72.3 Å². The van der Waals surface area contributed by atoms with Crippen molar-refractivity contribution in [3.05, 3.63) is 57.0 Å². The van der Waals surface area contributed by atoms with Crippen LogP contribution in [0.4, 0.5) is 0 Å². The number of aromatic nitrogens is 2. The number of para-hydroxylation sites is 1. The van der Waals surface area contributed by atoms with Crippen LogP contribution in [0.1, 0.15) is 78.1 Å². The molecule has 0 N–H and O–H groups in total. The van der Waals surface area contributed by atoms with E-state index >= 15 is 0 Å². The molecule has 0 bridgehead atoms. The summed E-state index contributed by atoms with van der Waals surface area (Å²) in [5.41, 5.74) is 0.922. The smallest absolute Gasteiger partial charge is 0.266 e. The molecule has 7 nitrogen and oxygen atoms in total. The lowest BCUT2D eigenvalue weighted by Crippen LogP contribution is -2.39. The Hall–Kier alpha value is -2.87. The molecule has 2 aromatic carbocycles. The van der Waals surface area contributed by atoms with Gasteiger partial charge in [-0.05, 0) is 47.3 Å². The quantitative estimate of drug-likeness (QED) is 0.200. The Morgan fingerprint density at radius 1 is 1.05 bits per heavy atom. The van der Waals surface area contributed by atoms with Crippen molar-refractivity contribution in [3.8, 4) is 17.2 Å². The van der Waals surface area contributed by atoms with E-state index in [1.807, 2.05) is 30.0 Å². The molecule has 206 valence electrons. The second kappa shape index (κ2) is 13.8. The fraction of sp³-hybridized carbons (Fsp3) is 0.500. The predicted molar refractivity (Wildman–Crippen MR) is 156 cm³/mol. The number of rotatable bonds is 13. The minimum atomic E-state index is -0.443. The maximum absolute atomic E-state index is 14.0. The number of fused-ring (bicyclic) bond motifs is 1. The van der Waals surface area contributed by atoms with Gasteiger partial charge < -0.3 is 14.4 Å². The number of nitrogens with zero attached hydrogens (tertiary/aromatic N) is 3. The molecule has 1 atom stereocenters. The van der Waals surface area contributed by atoms with Gasteiger partial charge in [0.2, 0.25) is 5.91 Å². The molecule has 1 unspecified atom stereocenters. The number of methoxy groups -OCH3 is 2. The Labute approximate surface area is 234 Å². The zero-order valence-corrected chi connectivity index (χ0v) is 25.0. The van der Waals surface area contributed by atoms with Crippen molar-refractivity contribution in [2.24, 2.45) is 5.92 Å². The highest BCUT2D eigenvalue weighted by Crippen LogP contribution is 2.37. The van der Waals surface area contributed by atoms with E-state index in [2.05, 4.69) is 36.7 Å². The second-order valence-corrected chi connectivity index (χ2v) is 10.9. The van der Waals surface area contributed by atoms with Crippen molar-refractivity contribution in [3.63, 3.8) is 0 Å². The van der Waals surface area contributed by atoms with Gasteiger partial charge in [-0.2, -0.15) is 0 Å². The first-order valence-electron chi connectivity index (χ1n) is 13.5. The molecule has 3 aromatic rings. The third kappa shape index (κ3) is 6.76. The highest BCUT2D eigenvalue weighted by atomic mass is 79.9. The van der Waals surface area contributed by atoms with Crippen LogP contribution in [0.5, 0.6) is 11.5 Å². The van der Waals surface area contributed by atoms with Gasteiger partial charge in [-0.3, -0.25) is 14.2 Å². The number of unbranched alkanes of at least 4 members (excludes halogenated alkanes) is 4. The van der Waals surface area contributed by atoms with Gasteiger partial charge in [-0.25, -0.2) is 4.98 Å². The maximum Gasteiger partial charge on any atom is 0.266 e. The van der Waals surface area contributed by atoms with Gasteiger partial charge in [0.05, 0.1) is 41.3 Å². The van der Waals surface area contributed by atoms with Gasteiger partial charge in [0.15, 0.2) is 0 Å². The van der Waals surface area contributed by atoms with Crippen molar-refractivity contribution >= 4 is 32.7 Å². The summed E-state index contributed by atoms with van der Waals surface area (Å²) in [7, 11) is 3.14. The highest BCUT2D eigenvalue weighted by Gasteiger charge is 2.28. The van der Waals surface area contributed by atoms with E-state index in [-0.39, 0.29) is 17.4 Å². The summed E-state index contributed by atoms with van der Waals surface area (Å²) in [6.45, 7) is 8.90. The Kier molecular flexibility index (Phi) is 10.8. The summed E-state index contributed by atoms with van der Waals surface area (Å²) in [6, 6.07) is 10.4.